The monoisotopic (exact) mass is 372 g/mol. The Morgan fingerprint density at radius 3 is 2.52 bits per heavy atom. The molecule has 2 heterocycles. The molecule has 2 aromatic rings. The van der Waals surface area contributed by atoms with Gasteiger partial charge in [-0.3, -0.25) is 5.10 Å². The van der Waals surface area contributed by atoms with Crippen molar-refractivity contribution < 1.29 is 23.7 Å². The van der Waals surface area contributed by atoms with Crippen molar-refractivity contribution in [1.82, 2.24) is 10.2 Å². The Bertz CT molecular complexity index is 929. The number of nitrogens with zero attached hydrogens (tertiary/aromatic N) is 2. The van der Waals surface area contributed by atoms with E-state index in [0.29, 0.717) is 39.9 Å². The van der Waals surface area contributed by atoms with E-state index in [1.165, 1.54) is 21.3 Å². The lowest BCUT2D eigenvalue weighted by atomic mass is 9.83. The second-order valence-corrected chi connectivity index (χ2v) is 5.70. The summed E-state index contributed by atoms with van der Waals surface area (Å²) in [5, 5.41) is 16.8. The van der Waals surface area contributed by atoms with Crippen LogP contribution in [0.25, 0.3) is 0 Å². The Labute approximate surface area is 156 Å². The first kappa shape index (κ1) is 18.4. The number of methoxy groups -OCH3 is 4. The smallest absolute Gasteiger partial charge is 0.244 e. The molecule has 0 spiro atoms. The number of ether oxygens (including phenoxy) is 5. The predicted octanol–water partition coefficient (Wildman–Crippen LogP) is 1.80. The summed E-state index contributed by atoms with van der Waals surface area (Å²) in [5.41, 5.74) is 8.23. The van der Waals surface area contributed by atoms with Gasteiger partial charge >= 0.3 is 0 Å². The topological polar surface area (TPSA) is 125 Å². The number of benzene rings is 1. The molecule has 1 atom stereocenters. The summed E-state index contributed by atoms with van der Waals surface area (Å²) in [4.78, 5) is 0. The molecule has 0 amide bonds. The molecule has 0 unspecified atom stereocenters. The number of hydrogen-bond donors (Lipinski definition) is 2. The Morgan fingerprint density at radius 2 is 1.93 bits per heavy atom. The van der Waals surface area contributed by atoms with Crippen LogP contribution in [0.5, 0.6) is 23.1 Å². The molecule has 0 radical (unpaired) electrons. The highest BCUT2D eigenvalue weighted by Crippen LogP contribution is 2.50. The van der Waals surface area contributed by atoms with Gasteiger partial charge in [0.15, 0.2) is 11.5 Å². The number of allylic oxidation sites excluding steroid dienone is 1. The van der Waals surface area contributed by atoms with E-state index in [2.05, 4.69) is 16.3 Å². The molecule has 3 N–H and O–H groups in total. The van der Waals surface area contributed by atoms with Gasteiger partial charge in [0.2, 0.25) is 17.5 Å². The second kappa shape index (κ2) is 7.47. The zero-order valence-electron chi connectivity index (χ0n) is 15.5. The maximum absolute atomic E-state index is 9.74. The van der Waals surface area contributed by atoms with Crippen molar-refractivity contribution in [2.45, 2.75) is 12.5 Å². The van der Waals surface area contributed by atoms with Crippen molar-refractivity contribution in [3.05, 3.63) is 40.4 Å². The predicted molar refractivity (Wildman–Crippen MR) is 94.7 cm³/mol. The average molecular weight is 372 g/mol. The first-order chi connectivity index (χ1) is 13.1. The number of aromatic amines is 1. The fourth-order valence-electron chi connectivity index (χ4n) is 3.23. The summed E-state index contributed by atoms with van der Waals surface area (Å²) in [6.07, 6.45) is 0. The number of fused-ring (bicyclic) bond motifs is 1. The first-order valence-corrected chi connectivity index (χ1v) is 8.03. The summed E-state index contributed by atoms with van der Waals surface area (Å²) in [6.45, 7) is 0.260. The molecule has 1 aliphatic heterocycles. The molecule has 1 aromatic carbocycles. The van der Waals surface area contributed by atoms with Crippen molar-refractivity contribution in [2.75, 3.05) is 28.4 Å². The van der Waals surface area contributed by atoms with E-state index in [-0.39, 0.29) is 18.1 Å². The van der Waals surface area contributed by atoms with Crippen LogP contribution in [0.3, 0.4) is 0 Å². The molecule has 1 aromatic heterocycles. The minimum Gasteiger partial charge on any atom is -0.493 e. The second-order valence-electron chi connectivity index (χ2n) is 5.70. The quantitative estimate of drug-likeness (QED) is 0.786. The highest BCUT2D eigenvalue weighted by Gasteiger charge is 2.37. The molecular weight excluding hydrogens is 352 g/mol. The highest BCUT2D eigenvalue weighted by molar-refractivity contribution is 5.64. The van der Waals surface area contributed by atoms with Gasteiger partial charge in [0.1, 0.15) is 11.6 Å². The summed E-state index contributed by atoms with van der Waals surface area (Å²) in [5.74, 6) is 1.06. The minimum atomic E-state index is -0.572. The number of nitrogens with one attached hydrogen (secondary N) is 1. The Morgan fingerprint density at radius 1 is 1.19 bits per heavy atom. The molecule has 0 saturated carbocycles. The normalized spacial score (nSPS) is 15.6. The van der Waals surface area contributed by atoms with Crippen LogP contribution in [0.1, 0.15) is 22.7 Å². The standard InChI is InChI=1S/C18H20N4O5/c1-23-8-11-14-13(10(7-19)17(20)27-18(14)22-21-11)9-5-6-12(24-2)16(26-4)15(9)25-3/h5-6,13H,8,20H2,1-4H3,(H,21,22)/t13-/m1/s1. The molecule has 0 fully saturated rings. The van der Waals surface area contributed by atoms with Crippen LogP contribution >= 0.6 is 0 Å². The zero-order chi connectivity index (χ0) is 19.6. The number of hydrogen-bond acceptors (Lipinski definition) is 8. The summed E-state index contributed by atoms with van der Waals surface area (Å²) in [7, 11) is 6.14. The number of nitriles is 1. The van der Waals surface area contributed by atoms with Crippen LogP contribution in [-0.4, -0.2) is 38.6 Å². The summed E-state index contributed by atoms with van der Waals surface area (Å²) in [6, 6.07) is 5.68. The van der Waals surface area contributed by atoms with Crippen LogP contribution in [0.4, 0.5) is 0 Å². The van der Waals surface area contributed by atoms with Gasteiger partial charge in [-0.25, -0.2) is 0 Å². The Balaban J connectivity index is 2.30. The fourth-order valence-corrected chi connectivity index (χ4v) is 3.23. The molecule has 0 saturated heterocycles. The van der Waals surface area contributed by atoms with Crippen molar-refractivity contribution in [3.63, 3.8) is 0 Å². The Kier molecular flexibility index (Phi) is 5.09. The third-order valence-electron chi connectivity index (χ3n) is 4.35. The molecule has 3 rings (SSSR count). The maximum atomic E-state index is 9.74. The lowest BCUT2D eigenvalue weighted by molar-refractivity contribution is 0.180. The van der Waals surface area contributed by atoms with Crippen LogP contribution in [0.15, 0.2) is 23.6 Å². The number of rotatable bonds is 6. The first-order valence-electron chi connectivity index (χ1n) is 8.03. The van der Waals surface area contributed by atoms with Crippen LogP contribution in [0.2, 0.25) is 0 Å². The molecule has 1 aliphatic rings. The van der Waals surface area contributed by atoms with Crippen molar-refractivity contribution in [2.24, 2.45) is 5.73 Å². The van der Waals surface area contributed by atoms with E-state index in [4.69, 9.17) is 29.4 Å². The van der Waals surface area contributed by atoms with Crippen molar-refractivity contribution >= 4 is 0 Å². The van der Waals surface area contributed by atoms with Gasteiger partial charge in [-0.2, -0.15) is 5.26 Å². The zero-order valence-corrected chi connectivity index (χ0v) is 15.5. The van der Waals surface area contributed by atoms with Crippen molar-refractivity contribution in [1.29, 1.82) is 5.26 Å². The van der Waals surface area contributed by atoms with E-state index in [9.17, 15) is 5.26 Å². The van der Waals surface area contributed by atoms with Gasteiger partial charge in [-0.1, -0.05) is 6.07 Å². The summed E-state index contributed by atoms with van der Waals surface area (Å²) >= 11 is 0. The van der Waals surface area contributed by atoms with Gasteiger partial charge in [0.25, 0.3) is 0 Å². The summed E-state index contributed by atoms with van der Waals surface area (Å²) < 4.78 is 27.2. The van der Waals surface area contributed by atoms with Gasteiger partial charge in [0.05, 0.1) is 45.1 Å². The average Bonchev–Trinajstić information content (AvgIpc) is 3.08. The SMILES string of the molecule is COCc1[nH]nc2c1[C@H](c1ccc(OC)c(OC)c1OC)C(C#N)=C(N)O2. The van der Waals surface area contributed by atoms with Crippen LogP contribution < -0.4 is 24.7 Å². The maximum Gasteiger partial charge on any atom is 0.244 e. The molecule has 27 heavy (non-hydrogen) atoms. The fraction of sp³-hybridized carbons (Fsp3) is 0.333. The largest absolute Gasteiger partial charge is 0.493 e. The van der Waals surface area contributed by atoms with E-state index in [1.807, 2.05) is 0 Å². The molecule has 0 bridgehead atoms. The number of nitrogens with two attached hydrogens (primary N) is 1. The van der Waals surface area contributed by atoms with E-state index in [0.717, 1.165) is 0 Å². The minimum absolute atomic E-state index is 0.0118. The molecular formula is C18H20N4O5. The van der Waals surface area contributed by atoms with Gasteiger partial charge in [0, 0.05) is 12.7 Å². The van der Waals surface area contributed by atoms with E-state index in [1.54, 1.807) is 19.2 Å². The van der Waals surface area contributed by atoms with Crippen LogP contribution in [-0.2, 0) is 11.3 Å². The van der Waals surface area contributed by atoms with Crippen LogP contribution in [0, 0.1) is 11.3 Å². The number of aromatic nitrogens is 2. The lowest BCUT2D eigenvalue weighted by Gasteiger charge is -2.26. The lowest BCUT2D eigenvalue weighted by Crippen LogP contribution is -2.22. The van der Waals surface area contributed by atoms with Gasteiger partial charge < -0.3 is 29.4 Å². The van der Waals surface area contributed by atoms with E-state index < -0.39 is 5.92 Å². The van der Waals surface area contributed by atoms with Crippen molar-refractivity contribution in [3.8, 4) is 29.2 Å². The van der Waals surface area contributed by atoms with Gasteiger partial charge in [-0.15, -0.1) is 5.10 Å². The van der Waals surface area contributed by atoms with E-state index >= 15 is 0 Å². The van der Waals surface area contributed by atoms with Gasteiger partial charge in [-0.05, 0) is 6.07 Å². The molecule has 9 nitrogen and oxygen atoms in total. The third-order valence-corrected chi connectivity index (χ3v) is 4.35. The highest BCUT2D eigenvalue weighted by atomic mass is 16.5. The number of H-pyrrole nitrogens is 1. The third kappa shape index (κ3) is 2.90. The molecule has 142 valence electrons. The molecule has 9 heteroatoms. The Hall–Kier alpha value is -3.38. The molecule has 0 aliphatic carbocycles.